The highest BCUT2D eigenvalue weighted by Gasteiger charge is 2.24. The van der Waals surface area contributed by atoms with Crippen molar-refractivity contribution in [1.82, 2.24) is 9.80 Å². The van der Waals surface area contributed by atoms with Crippen LogP contribution in [0.25, 0.3) is 0 Å². The molecular formula is C24H32N2O5. The number of amides is 2. The van der Waals surface area contributed by atoms with E-state index in [1.807, 2.05) is 50.2 Å². The number of hydrogen-bond donors (Lipinski definition) is 0. The molecule has 0 atom stereocenters. The van der Waals surface area contributed by atoms with Crippen LogP contribution in [0.3, 0.4) is 0 Å². The van der Waals surface area contributed by atoms with E-state index in [2.05, 4.69) is 0 Å². The zero-order chi connectivity index (χ0) is 22.6. The van der Waals surface area contributed by atoms with Gasteiger partial charge in [0.15, 0.2) is 0 Å². The van der Waals surface area contributed by atoms with E-state index in [0.717, 1.165) is 5.56 Å². The molecule has 168 valence electrons. The lowest BCUT2D eigenvalue weighted by Gasteiger charge is -2.30. The van der Waals surface area contributed by atoms with Crippen molar-refractivity contribution in [3.8, 4) is 0 Å². The standard InChI is InChI=1S/C24H32N2O5/c1-4-30-24(29)13-12-22(27)26(19(2)3)18-23(28)25(17-21-11-8-16-31-21)15-14-20-9-6-5-7-10-20/h5-11,16,19H,4,12-15,17-18H2,1-3H3. The number of carbonyl (C=O) groups excluding carboxylic acids is 3. The number of esters is 1. The zero-order valence-electron chi connectivity index (χ0n) is 18.6. The third-order valence-corrected chi connectivity index (χ3v) is 4.89. The number of carbonyl (C=O) groups is 3. The van der Waals surface area contributed by atoms with Crippen molar-refractivity contribution in [2.75, 3.05) is 19.7 Å². The van der Waals surface area contributed by atoms with Crippen LogP contribution in [0.5, 0.6) is 0 Å². The monoisotopic (exact) mass is 428 g/mol. The Balaban J connectivity index is 2.03. The second-order valence-corrected chi connectivity index (χ2v) is 7.55. The maximum absolute atomic E-state index is 13.1. The van der Waals surface area contributed by atoms with Gasteiger partial charge in [-0.1, -0.05) is 30.3 Å². The number of furan rings is 1. The highest BCUT2D eigenvalue weighted by molar-refractivity contribution is 5.86. The van der Waals surface area contributed by atoms with Crippen molar-refractivity contribution in [1.29, 1.82) is 0 Å². The fourth-order valence-corrected chi connectivity index (χ4v) is 3.18. The van der Waals surface area contributed by atoms with Gasteiger partial charge < -0.3 is 19.0 Å². The Morgan fingerprint density at radius 1 is 1.00 bits per heavy atom. The molecule has 0 aliphatic heterocycles. The molecule has 0 bridgehead atoms. The minimum Gasteiger partial charge on any atom is -0.467 e. The van der Waals surface area contributed by atoms with Crippen LogP contribution in [0.2, 0.25) is 0 Å². The number of rotatable bonds is 12. The van der Waals surface area contributed by atoms with Crippen LogP contribution in [0.4, 0.5) is 0 Å². The SMILES string of the molecule is CCOC(=O)CCC(=O)N(CC(=O)N(CCc1ccccc1)Cc1ccco1)C(C)C. The van der Waals surface area contributed by atoms with Crippen LogP contribution in [0.15, 0.2) is 53.1 Å². The lowest BCUT2D eigenvalue weighted by atomic mass is 10.1. The van der Waals surface area contributed by atoms with Gasteiger partial charge in [-0.2, -0.15) is 0 Å². The van der Waals surface area contributed by atoms with Crippen LogP contribution in [-0.2, 0) is 32.1 Å². The van der Waals surface area contributed by atoms with Crippen molar-refractivity contribution in [3.63, 3.8) is 0 Å². The Labute approximate surface area is 184 Å². The summed E-state index contributed by atoms with van der Waals surface area (Å²) >= 11 is 0. The topological polar surface area (TPSA) is 80.1 Å². The van der Waals surface area contributed by atoms with Gasteiger partial charge in [0.25, 0.3) is 0 Å². The Bertz CT molecular complexity index is 818. The first-order valence-corrected chi connectivity index (χ1v) is 10.7. The Hall–Kier alpha value is -3.09. The van der Waals surface area contributed by atoms with E-state index >= 15 is 0 Å². The lowest BCUT2D eigenvalue weighted by molar-refractivity contribution is -0.147. The molecule has 1 aromatic heterocycles. The van der Waals surface area contributed by atoms with Gasteiger partial charge in [-0.25, -0.2) is 0 Å². The average Bonchev–Trinajstić information content (AvgIpc) is 3.27. The first kappa shape index (κ1) is 24.2. The third kappa shape index (κ3) is 8.28. The zero-order valence-corrected chi connectivity index (χ0v) is 18.6. The van der Waals surface area contributed by atoms with Gasteiger partial charge in [-0.15, -0.1) is 0 Å². The van der Waals surface area contributed by atoms with Gasteiger partial charge in [0.1, 0.15) is 5.76 Å². The molecule has 2 rings (SSSR count). The molecule has 2 aromatic rings. The summed E-state index contributed by atoms with van der Waals surface area (Å²) in [5.74, 6) is -0.123. The summed E-state index contributed by atoms with van der Waals surface area (Å²) in [6.45, 7) is 6.51. The number of hydrogen-bond acceptors (Lipinski definition) is 5. The summed E-state index contributed by atoms with van der Waals surface area (Å²) in [4.78, 5) is 40.6. The summed E-state index contributed by atoms with van der Waals surface area (Å²) in [7, 11) is 0. The van der Waals surface area contributed by atoms with Crippen molar-refractivity contribution in [3.05, 3.63) is 60.1 Å². The molecule has 1 aromatic carbocycles. The smallest absolute Gasteiger partial charge is 0.306 e. The van der Waals surface area contributed by atoms with E-state index in [1.54, 1.807) is 24.2 Å². The number of ether oxygens (including phenoxy) is 1. The molecule has 0 aliphatic rings. The second-order valence-electron chi connectivity index (χ2n) is 7.55. The molecular weight excluding hydrogens is 396 g/mol. The maximum Gasteiger partial charge on any atom is 0.306 e. The highest BCUT2D eigenvalue weighted by atomic mass is 16.5. The van der Waals surface area contributed by atoms with E-state index in [4.69, 9.17) is 9.15 Å². The van der Waals surface area contributed by atoms with Crippen LogP contribution < -0.4 is 0 Å². The van der Waals surface area contributed by atoms with Crippen LogP contribution in [0.1, 0.15) is 44.9 Å². The molecule has 7 heteroatoms. The van der Waals surface area contributed by atoms with Crippen LogP contribution in [0, 0.1) is 0 Å². The Kier molecular flexibility index (Phi) is 9.81. The molecule has 2 amide bonds. The van der Waals surface area contributed by atoms with Crippen LogP contribution in [-0.4, -0.2) is 53.3 Å². The molecule has 0 saturated carbocycles. The molecule has 31 heavy (non-hydrogen) atoms. The molecule has 7 nitrogen and oxygen atoms in total. The molecule has 0 N–H and O–H groups in total. The summed E-state index contributed by atoms with van der Waals surface area (Å²) in [6, 6.07) is 13.4. The normalized spacial score (nSPS) is 10.7. The van der Waals surface area contributed by atoms with E-state index in [-0.39, 0.29) is 43.8 Å². The van der Waals surface area contributed by atoms with Gasteiger partial charge in [0, 0.05) is 19.0 Å². The molecule has 0 aliphatic carbocycles. The van der Waals surface area contributed by atoms with E-state index in [0.29, 0.717) is 25.3 Å². The maximum atomic E-state index is 13.1. The van der Waals surface area contributed by atoms with Crippen LogP contribution >= 0.6 is 0 Å². The first-order chi connectivity index (χ1) is 14.9. The van der Waals surface area contributed by atoms with Crippen molar-refractivity contribution >= 4 is 17.8 Å². The second kappa shape index (κ2) is 12.6. The Morgan fingerprint density at radius 3 is 2.35 bits per heavy atom. The number of nitrogens with zero attached hydrogens (tertiary/aromatic N) is 2. The van der Waals surface area contributed by atoms with E-state index in [1.165, 1.54) is 4.90 Å². The minimum absolute atomic E-state index is 0.00814. The summed E-state index contributed by atoms with van der Waals surface area (Å²) < 4.78 is 10.3. The fourth-order valence-electron chi connectivity index (χ4n) is 3.18. The third-order valence-electron chi connectivity index (χ3n) is 4.89. The lowest BCUT2D eigenvalue weighted by Crippen LogP contribution is -2.46. The molecule has 0 saturated heterocycles. The first-order valence-electron chi connectivity index (χ1n) is 10.7. The molecule has 0 spiro atoms. The minimum atomic E-state index is -0.409. The van der Waals surface area contributed by atoms with Gasteiger partial charge in [0.2, 0.25) is 11.8 Å². The van der Waals surface area contributed by atoms with Gasteiger partial charge in [-0.05, 0) is 44.9 Å². The van der Waals surface area contributed by atoms with Gasteiger partial charge in [-0.3, -0.25) is 14.4 Å². The molecule has 0 fully saturated rings. The Morgan fingerprint density at radius 2 is 1.74 bits per heavy atom. The van der Waals surface area contributed by atoms with E-state index in [9.17, 15) is 14.4 Å². The molecule has 1 heterocycles. The predicted molar refractivity (Wildman–Crippen MR) is 117 cm³/mol. The molecule has 0 unspecified atom stereocenters. The average molecular weight is 429 g/mol. The largest absolute Gasteiger partial charge is 0.467 e. The highest BCUT2D eigenvalue weighted by Crippen LogP contribution is 2.11. The summed E-state index contributed by atoms with van der Waals surface area (Å²) in [5.41, 5.74) is 1.13. The van der Waals surface area contributed by atoms with Crippen molar-refractivity contribution < 1.29 is 23.5 Å². The van der Waals surface area contributed by atoms with Gasteiger partial charge in [0.05, 0.1) is 32.4 Å². The number of benzene rings is 1. The summed E-state index contributed by atoms with van der Waals surface area (Å²) in [5, 5.41) is 0. The quantitative estimate of drug-likeness (QED) is 0.484. The fraction of sp³-hybridized carbons (Fsp3) is 0.458. The summed E-state index contributed by atoms with van der Waals surface area (Å²) in [6.07, 6.45) is 2.31. The van der Waals surface area contributed by atoms with Crippen molar-refractivity contribution in [2.45, 2.75) is 52.6 Å². The molecule has 0 radical (unpaired) electrons. The van der Waals surface area contributed by atoms with Gasteiger partial charge >= 0.3 is 5.97 Å². The van der Waals surface area contributed by atoms with E-state index < -0.39 is 5.97 Å². The van der Waals surface area contributed by atoms with Crippen molar-refractivity contribution in [2.24, 2.45) is 0 Å². The predicted octanol–water partition coefficient (Wildman–Crippen LogP) is 3.43.